The Bertz CT molecular complexity index is 379. The fourth-order valence-electron chi connectivity index (χ4n) is 1.98. The normalized spacial score (nSPS) is 24.6. The molecule has 2 rings (SSSR count). The Morgan fingerprint density at radius 3 is 2.94 bits per heavy atom. The van der Waals surface area contributed by atoms with E-state index in [9.17, 15) is 4.79 Å². The van der Waals surface area contributed by atoms with E-state index in [1.165, 1.54) is 6.42 Å². The molecule has 0 saturated heterocycles. The Morgan fingerprint density at radius 2 is 2.38 bits per heavy atom. The summed E-state index contributed by atoms with van der Waals surface area (Å²) in [7, 11) is 0. The highest BCUT2D eigenvalue weighted by atomic mass is 32.2. The van der Waals surface area contributed by atoms with Crippen LogP contribution in [-0.4, -0.2) is 38.6 Å². The zero-order valence-electron chi connectivity index (χ0n) is 9.49. The minimum atomic E-state index is -0.170. The molecule has 16 heavy (non-hydrogen) atoms. The van der Waals surface area contributed by atoms with E-state index in [-0.39, 0.29) is 17.8 Å². The minimum Gasteiger partial charge on any atom is -0.346 e. The molecule has 88 valence electrons. The van der Waals surface area contributed by atoms with Gasteiger partial charge in [0.05, 0.1) is 0 Å². The number of hydrogen-bond acceptors (Lipinski definition) is 4. The zero-order valence-corrected chi connectivity index (χ0v) is 10.3. The van der Waals surface area contributed by atoms with E-state index in [2.05, 4.69) is 26.8 Å². The van der Waals surface area contributed by atoms with Gasteiger partial charge in [-0.05, 0) is 32.4 Å². The molecule has 1 saturated carbocycles. The predicted molar refractivity (Wildman–Crippen MR) is 63.5 cm³/mol. The van der Waals surface area contributed by atoms with Crippen molar-refractivity contribution >= 4 is 17.7 Å². The number of H-pyrrole nitrogens is 1. The summed E-state index contributed by atoms with van der Waals surface area (Å²) in [5.74, 6) is 0.736. The smallest absolute Gasteiger partial charge is 0.291 e. The van der Waals surface area contributed by atoms with Gasteiger partial charge in [0, 0.05) is 11.3 Å². The first-order valence-electron chi connectivity index (χ1n) is 5.41. The average molecular weight is 240 g/mol. The van der Waals surface area contributed by atoms with Gasteiger partial charge in [0.1, 0.15) is 5.82 Å². The lowest BCUT2D eigenvalue weighted by Crippen LogP contribution is -2.33. The third-order valence-electron chi connectivity index (χ3n) is 2.85. The van der Waals surface area contributed by atoms with E-state index in [1.54, 1.807) is 6.92 Å². The number of carbonyl (C=O) groups excluding carboxylic acids is 1. The zero-order chi connectivity index (χ0) is 11.5. The summed E-state index contributed by atoms with van der Waals surface area (Å²) in [6, 6.07) is 0.281. The fourth-order valence-corrected chi connectivity index (χ4v) is 2.78. The SMILES string of the molecule is CSC1CCC(NC(=O)c2n[nH]c(C)n2)C1. The number of aromatic nitrogens is 3. The summed E-state index contributed by atoms with van der Waals surface area (Å²) in [6.45, 7) is 1.78. The lowest BCUT2D eigenvalue weighted by Gasteiger charge is -2.10. The third-order valence-corrected chi connectivity index (χ3v) is 3.95. The average Bonchev–Trinajstić information content (AvgIpc) is 2.87. The van der Waals surface area contributed by atoms with Gasteiger partial charge in [-0.15, -0.1) is 5.10 Å². The molecule has 2 N–H and O–H groups in total. The van der Waals surface area contributed by atoms with Crippen molar-refractivity contribution in [2.75, 3.05) is 6.26 Å². The second-order valence-electron chi connectivity index (χ2n) is 4.09. The Hall–Kier alpha value is -1.04. The van der Waals surface area contributed by atoms with E-state index < -0.39 is 0 Å². The number of aryl methyl sites for hydroxylation is 1. The number of thioether (sulfide) groups is 1. The van der Waals surface area contributed by atoms with Crippen LogP contribution in [0.3, 0.4) is 0 Å². The molecule has 1 aromatic rings. The van der Waals surface area contributed by atoms with Crippen LogP contribution < -0.4 is 5.32 Å². The van der Waals surface area contributed by atoms with Crippen LogP contribution in [0.2, 0.25) is 0 Å². The number of hydrogen-bond donors (Lipinski definition) is 2. The molecule has 0 bridgehead atoms. The lowest BCUT2D eigenvalue weighted by molar-refractivity contribution is 0.0928. The largest absolute Gasteiger partial charge is 0.346 e. The van der Waals surface area contributed by atoms with Crippen molar-refractivity contribution in [2.24, 2.45) is 0 Å². The summed E-state index contributed by atoms with van der Waals surface area (Å²) >= 11 is 1.87. The second-order valence-corrected chi connectivity index (χ2v) is 5.22. The van der Waals surface area contributed by atoms with Crippen molar-refractivity contribution in [3.63, 3.8) is 0 Å². The molecule has 1 aliphatic rings. The van der Waals surface area contributed by atoms with E-state index in [0.29, 0.717) is 11.1 Å². The molecule has 1 amide bonds. The van der Waals surface area contributed by atoms with Gasteiger partial charge >= 0.3 is 0 Å². The van der Waals surface area contributed by atoms with Crippen molar-refractivity contribution in [3.05, 3.63) is 11.6 Å². The number of nitrogens with one attached hydrogen (secondary N) is 2. The van der Waals surface area contributed by atoms with Crippen molar-refractivity contribution in [1.82, 2.24) is 20.5 Å². The molecule has 0 spiro atoms. The molecule has 1 aromatic heterocycles. The quantitative estimate of drug-likeness (QED) is 0.830. The van der Waals surface area contributed by atoms with Gasteiger partial charge < -0.3 is 5.32 Å². The van der Waals surface area contributed by atoms with Gasteiger partial charge in [0.15, 0.2) is 0 Å². The topological polar surface area (TPSA) is 70.7 Å². The maximum absolute atomic E-state index is 11.7. The first kappa shape index (κ1) is 11.4. The molecule has 1 aliphatic carbocycles. The molecule has 1 heterocycles. The van der Waals surface area contributed by atoms with Gasteiger partial charge in [0.2, 0.25) is 5.82 Å². The van der Waals surface area contributed by atoms with Crippen LogP contribution in [0.5, 0.6) is 0 Å². The monoisotopic (exact) mass is 240 g/mol. The molecule has 5 nitrogen and oxygen atoms in total. The first-order valence-corrected chi connectivity index (χ1v) is 6.70. The van der Waals surface area contributed by atoms with E-state index >= 15 is 0 Å². The third kappa shape index (κ3) is 2.55. The van der Waals surface area contributed by atoms with Crippen LogP contribution in [0, 0.1) is 6.92 Å². The molecule has 6 heteroatoms. The van der Waals surface area contributed by atoms with Gasteiger partial charge in [-0.1, -0.05) is 0 Å². The van der Waals surface area contributed by atoms with Crippen LogP contribution in [0.4, 0.5) is 0 Å². The summed E-state index contributed by atoms with van der Waals surface area (Å²) in [5.41, 5.74) is 0. The molecule has 0 aliphatic heterocycles. The molecule has 0 radical (unpaired) electrons. The molecule has 1 fully saturated rings. The predicted octanol–water partition coefficient (Wildman–Crippen LogP) is 1.13. The van der Waals surface area contributed by atoms with Crippen LogP contribution >= 0.6 is 11.8 Å². The molecule has 2 atom stereocenters. The Morgan fingerprint density at radius 1 is 1.56 bits per heavy atom. The van der Waals surface area contributed by atoms with Gasteiger partial charge in [-0.3, -0.25) is 9.89 Å². The number of amides is 1. The summed E-state index contributed by atoms with van der Waals surface area (Å²) in [4.78, 5) is 15.8. The highest BCUT2D eigenvalue weighted by molar-refractivity contribution is 7.99. The molecule has 2 unspecified atom stereocenters. The van der Waals surface area contributed by atoms with E-state index in [1.807, 2.05) is 11.8 Å². The number of carbonyl (C=O) groups is 1. The summed E-state index contributed by atoms with van der Waals surface area (Å²) in [6.07, 6.45) is 5.41. The van der Waals surface area contributed by atoms with Crippen molar-refractivity contribution in [2.45, 2.75) is 37.5 Å². The van der Waals surface area contributed by atoms with Gasteiger partial charge in [0.25, 0.3) is 5.91 Å². The number of nitrogens with zero attached hydrogens (tertiary/aromatic N) is 2. The molecule has 0 aromatic carbocycles. The van der Waals surface area contributed by atoms with E-state index in [4.69, 9.17) is 0 Å². The summed E-state index contributed by atoms with van der Waals surface area (Å²) in [5, 5.41) is 10.2. The first-order chi connectivity index (χ1) is 7.69. The summed E-state index contributed by atoms with van der Waals surface area (Å²) < 4.78 is 0. The van der Waals surface area contributed by atoms with Crippen molar-refractivity contribution in [3.8, 4) is 0 Å². The van der Waals surface area contributed by atoms with Crippen LogP contribution in [-0.2, 0) is 0 Å². The van der Waals surface area contributed by atoms with E-state index in [0.717, 1.165) is 12.8 Å². The van der Waals surface area contributed by atoms with Crippen LogP contribution in [0.15, 0.2) is 0 Å². The standard InChI is InChI=1S/C10H16N4OS/c1-6-11-9(14-13-6)10(15)12-7-3-4-8(5-7)16-2/h7-8H,3-5H2,1-2H3,(H,12,15)(H,11,13,14). The second kappa shape index (κ2) is 4.86. The lowest BCUT2D eigenvalue weighted by atomic mass is 10.2. The maximum Gasteiger partial charge on any atom is 0.291 e. The number of rotatable bonds is 3. The minimum absolute atomic E-state index is 0.170. The van der Waals surface area contributed by atoms with Crippen molar-refractivity contribution in [1.29, 1.82) is 0 Å². The van der Waals surface area contributed by atoms with Crippen molar-refractivity contribution < 1.29 is 4.79 Å². The van der Waals surface area contributed by atoms with Gasteiger partial charge in [-0.2, -0.15) is 11.8 Å². The maximum atomic E-state index is 11.7. The number of aromatic amines is 1. The Balaban J connectivity index is 1.89. The molecular formula is C10H16N4OS. The molecular weight excluding hydrogens is 224 g/mol. The Labute approximate surface area is 98.8 Å². The van der Waals surface area contributed by atoms with Crippen LogP contribution in [0.25, 0.3) is 0 Å². The highest BCUT2D eigenvalue weighted by Gasteiger charge is 2.26. The Kier molecular flexibility index (Phi) is 3.48. The van der Waals surface area contributed by atoms with Crippen LogP contribution in [0.1, 0.15) is 35.7 Å². The highest BCUT2D eigenvalue weighted by Crippen LogP contribution is 2.28. The van der Waals surface area contributed by atoms with Gasteiger partial charge in [-0.25, -0.2) is 4.98 Å². The fraction of sp³-hybridized carbons (Fsp3) is 0.700.